The lowest BCUT2D eigenvalue weighted by Gasteiger charge is -2.35. The van der Waals surface area contributed by atoms with E-state index in [0.29, 0.717) is 6.54 Å². The molecule has 1 rings (SSSR count). The highest BCUT2D eigenvalue weighted by molar-refractivity contribution is 5.83. The highest BCUT2D eigenvalue weighted by Crippen LogP contribution is 2.17. The Morgan fingerprint density at radius 3 is 2.56 bits per heavy atom. The van der Waals surface area contributed by atoms with Crippen molar-refractivity contribution in [3.63, 3.8) is 0 Å². The number of likely N-dealkylation sites (tertiary alicyclic amines) is 1. The molecular formula is C12H22N2O4. The number of carboxylic acids is 1. The van der Waals surface area contributed by atoms with Crippen LogP contribution in [0.2, 0.25) is 0 Å². The summed E-state index contributed by atoms with van der Waals surface area (Å²) in [5.41, 5.74) is 0. The van der Waals surface area contributed by atoms with Crippen molar-refractivity contribution in [3.8, 4) is 0 Å². The van der Waals surface area contributed by atoms with Crippen molar-refractivity contribution in [1.29, 1.82) is 0 Å². The van der Waals surface area contributed by atoms with Gasteiger partial charge in [-0.05, 0) is 25.2 Å². The summed E-state index contributed by atoms with van der Waals surface area (Å²) >= 11 is 0. The molecule has 0 bridgehead atoms. The maximum absolute atomic E-state index is 12.0. The lowest BCUT2D eigenvalue weighted by atomic mass is 10.0. The zero-order valence-electron chi connectivity index (χ0n) is 10.9. The molecule has 2 unspecified atom stereocenters. The van der Waals surface area contributed by atoms with Gasteiger partial charge in [0.25, 0.3) is 0 Å². The van der Waals surface area contributed by atoms with Crippen LogP contribution in [0.25, 0.3) is 0 Å². The second-order valence-corrected chi connectivity index (χ2v) is 5.03. The van der Waals surface area contributed by atoms with E-state index in [2.05, 4.69) is 5.32 Å². The zero-order chi connectivity index (χ0) is 13.7. The Balaban J connectivity index is 2.64. The second kappa shape index (κ2) is 6.58. The van der Waals surface area contributed by atoms with Gasteiger partial charge in [-0.1, -0.05) is 13.8 Å². The molecule has 1 aliphatic rings. The molecule has 6 heteroatoms. The minimum atomic E-state index is -1.03. The number of hydrogen-bond acceptors (Lipinski definition) is 3. The van der Waals surface area contributed by atoms with Gasteiger partial charge in [0.2, 0.25) is 0 Å². The number of aliphatic hydroxyl groups excluding tert-OH is 1. The summed E-state index contributed by atoms with van der Waals surface area (Å²) in [5, 5.41) is 20.8. The summed E-state index contributed by atoms with van der Waals surface area (Å²) in [4.78, 5) is 24.6. The monoisotopic (exact) mass is 258 g/mol. The number of nitrogens with zero attached hydrogens (tertiary/aromatic N) is 1. The molecule has 1 heterocycles. The molecule has 1 saturated heterocycles. The van der Waals surface area contributed by atoms with Crippen LogP contribution in [0, 0.1) is 5.92 Å². The van der Waals surface area contributed by atoms with Crippen LogP contribution in [0.4, 0.5) is 4.79 Å². The highest BCUT2D eigenvalue weighted by Gasteiger charge is 2.30. The van der Waals surface area contributed by atoms with E-state index in [1.54, 1.807) is 18.7 Å². The van der Waals surface area contributed by atoms with Crippen LogP contribution in [-0.4, -0.2) is 52.3 Å². The van der Waals surface area contributed by atoms with Crippen molar-refractivity contribution in [3.05, 3.63) is 0 Å². The summed E-state index contributed by atoms with van der Waals surface area (Å²) in [6.07, 6.45) is 2.65. The number of piperidine rings is 1. The first kappa shape index (κ1) is 14.8. The third-order valence-corrected chi connectivity index (χ3v) is 3.31. The Hall–Kier alpha value is -1.30. The van der Waals surface area contributed by atoms with Gasteiger partial charge in [0, 0.05) is 6.54 Å². The molecule has 0 aromatic carbocycles. The lowest BCUT2D eigenvalue weighted by Crippen LogP contribution is -2.55. The predicted molar refractivity (Wildman–Crippen MR) is 66.2 cm³/mol. The smallest absolute Gasteiger partial charge is 0.326 e. The van der Waals surface area contributed by atoms with E-state index >= 15 is 0 Å². The Bertz CT molecular complexity index is 306. The number of amides is 2. The molecule has 0 spiro atoms. The van der Waals surface area contributed by atoms with Gasteiger partial charge in [0.1, 0.15) is 6.04 Å². The number of hydrogen-bond donors (Lipinski definition) is 3. The molecule has 104 valence electrons. The molecular weight excluding hydrogens is 236 g/mol. The van der Waals surface area contributed by atoms with Gasteiger partial charge in [-0.2, -0.15) is 0 Å². The van der Waals surface area contributed by atoms with E-state index in [1.165, 1.54) is 0 Å². The molecule has 0 aromatic heterocycles. The molecule has 2 amide bonds. The lowest BCUT2D eigenvalue weighted by molar-refractivity contribution is -0.140. The van der Waals surface area contributed by atoms with E-state index in [4.69, 9.17) is 5.11 Å². The van der Waals surface area contributed by atoms with Crippen molar-refractivity contribution in [2.75, 3.05) is 13.2 Å². The minimum Gasteiger partial charge on any atom is -0.480 e. The first-order valence-electron chi connectivity index (χ1n) is 6.38. The molecule has 0 aromatic rings. The molecule has 2 atom stereocenters. The highest BCUT2D eigenvalue weighted by atomic mass is 16.4. The summed E-state index contributed by atoms with van der Waals surface area (Å²) in [6.45, 7) is 3.99. The van der Waals surface area contributed by atoms with Crippen molar-refractivity contribution in [1.82, 2.24) is 10.2 Å². The fourth-order valence-electron chi connectivity index (χ4n) is 2.19. The number of nitrogens with one attached hydrogen (secondary N) is 1. The molecule has 0 aliphatic carbocycles. The Morgan fingerprint density at radius 2 is 2.06 bits per heavy atom. The third-order valence-electron chi connectivity index (χ3n) is 3.31. The third kappa shape index (κ3) is 3.60. The minimum absolute atomic E-state index is 0.0766. The number of carbonyl (C=O) groups excluding carboxylic acids is 1. The van der Waals surface area contributed by atoms with Gasteiger partial charge in [0.15, 0.2) is 0 Å². The molecule has 1 fully saturated rings. The van der Waals surface area contributed by atoms with E-state index in [0.717, 1.165) is 19.3 Å². The van der Waals surface area contributed by atoms with Gasteiger partial charge in [-0.25, -0.2) is 9.59 Å². The van der Waals surface area contributed by atoms with Gasteiger partial charge < -0.3 is 20.4 Å². The van der Waals surface area contributed by atoms with Gasteiger partial charge in [-0.15, -0.1) is 0 Å². The number of aliphatic carboxylic acids is 1. The average Bonchev–Trinajstić information content (AvgIpc) is 2.34. The molecule has 1 aliphatic heterocycles. The standard InChI is InChI=1S/C12H22N2O4/c1-8(2)10(11(16)17)13-12(18)14-6-4-3-5-9(14)7-15/h8-10,15H,3-7H2,1-2H3,(H,13,18)(H,16,17). The van der Waals surface area contributed by atoms with Gasteiger partial charge in [0.05, 0.1) is 12.6 Å². The fourth-order valence-corrected chi connectivity index (χ4v) is 2.19. The molecule has 0 saturated carbocycles. The van der Waals surface area contributed by atoms with Gasteiger partial charge in [-0.3, -0.25) is 0 Å². The van der Waals surface area contributed by atoms with Crippen LogP contribution >= 0.6 is 0 Å². The first-order chi connectivity index (χ1) is 8.47. The van der Waals surface area contributed by atoms with Crippen LogP contribution in [-0.2, 0) is 4.79 Å². The Labute approximate surface area is 107 Å². The summed E-state index contributed by atoms with van der Waals surface area (Å²) in [5.74, 6) is -1.21. The van der Waals surface area contributed by atoms with E-state index in [-0.39, 0.29) is 18.6 Å². The number of urea groups is 1. The number of carbonyl (C=O) groups is 2. The largest absolute Gasteiger partial charge is 0.480 e. The number of aliphatic hydroxyl groups is 1. The second-order valence-electron chi connectivity index (χ2n) is 5.03. The SMILES string of the molecule is CC(C)C(NC(=O)N1CCCCC1CO)C(=O)O. The van der Waals surface area contributed by atoms with Crippen LogP contribution < -0.4 is 5.32 Å². The van der Waals surface area contributed by atoms with Crippen LogP contribution in [0.1, 0.15) is 33.1 Å². The van der Waals surface area contributed by atoms with Crippen LogP contribution in [0.3, 0.4) is 0 Å². The molecule has 3 N–H and O–H groups in total. The molecule has 0 radical (unpaired) electrons. The average molecular weight is 258 g/mol. The number of carboxylic acid groups (broad SMARTS) is 1. The zero-order valence-corrected chi connectivity index (χ0v) is 10.9. The van der Waals surface area contributed by atoms with Crippen LogP contribution in [0.5, 0.6) is 0 Å². The first-order valence-corrected chi connectivity index (χ1v) is 6.38. The quantitative estimate of drug-likeness (QED) is 0.690. The topological polar surface area (TPSA) is 89.9 Å². The number of rotatable bonds is 4. The normalized spacial score (nSPS) is 21.8. The Kier molecular flexibility index (Phi) is 5.40. The maximum Gasteiger partial charge on any atom is 0.326 e. The van der Waals surface area contributed by atoms with E-state index in [1.807, 2.05) is 0 Å². The molecule has 6 nitrogen and oxygen atoms in total. The van der Waals surface area contributed by atoms with Crippen molar-refractivity contribution < 1.29 is 19.8 Å². The van der Waals surface area contributed by atoms with E-state index in [9.17, 15) is 14.7 Å². The summed E-state index contributed by atoms with van der Waals surface area (Å²) < 4.78 is 0. The van der Waals surface area contributed by atoms with Crippen molar-refractivity contribution in [2.45, 2.75) is 45.2 Å². The summed E-state index contributed by atoms with van der Waals surface area (Å²) in [7, 11) is 0. The van der Waals surface area contributed by atoms with Crippen LogP contribution in [0.15, 0.2) is 0 Å². The Morgan fingerprint density at radius 1 is 1.39 bits per heavy atom. The maximum atomic E-state index is 12.0. The van der Waals surface area contributed by atoms with Gasteiger partial charge >= 0.3 is 12.0 Å². The molecule has 18 heavy (non-hydrogen) atoms. The van der Waals surface area contributed by atoms with Crippen molar-refractivity contribution in [2.24, 2.45) is 5.92 Å². The fraction of sp³-hybridized carbons (Fsp3) is 0.833. The van der Waals surface area contributed by atoms with Crippen molar-refractivity contribution >= 4 is 12.0 Å². The predicted octanol–water partition coefficient (Wildman–Crippen LogP) is 0.652. The summed E-state index contributed by atoms with van der Waals surface area (Å²) in [6, 6.07) is -1.48. The van der Waals surface area contributed by atoms with E-state index < -0.39 is 18.0 Å².